The minimum absolute atomic E-state index is 0.0608. The topological polar surface area (TPSA) is 77.9 Å². The number of amides is 2. The minimum Gasteiger partial charge on any atom is -0.481 e. The van der Waals surface area contributed by atoms with Crippen LogP contribution in [0, 0.1) is 11.8 Å². The Balaban J connectivity index is 1.85. The van der Waals surface area contributed by atoms with E-state index >= 15 is 0 Å². The zero-order chi connectivity index (χ0) is 15.6. The van der Waals surface area contributed by atoms with E-state index in [1.807, 2.05) is 18.7 Å². The number of nitrogens with zero attached hydrogens (tertiary/aromatic N) is 2. The Hall–Kier alpha value is -1.59. The van der Waals surface area contributed by atoms with E-state index in [0.29, 0.717) is 32.0 Å². The summed E-state index contributed by atoms with van der Waals surface area (Å²) >= 11 is 0. The third-order valence-electron chi connectivity index (χ3n) is 4.35. The molecule has 6 heteroatoms. The SMILES string of the molecule is CC(C)CC(=O)N1CCC(N2CC(C(=O)O)CC2=O)CC1. The van der Waals surface area contributed by atoms with Crippen molar-refractivity contribution in [1.29, 1.82) is 0 Å². The van der Waals surface area contributed by atoms with Gasteiger partial charge < -0.3 is 14.9 Å². The van der Waals surface area contributed by atoms with Gasteiger partial charge in [0.2, 0.25) is 11.8 Å². The van der Waals surface area contributed by atoms with Crippen molar-refractivity contribution in [3.8, 4) is 0 Å². The second kappa shape index (κ2) is 6.45. The molecule has 0 saturated carbocycles. The number of rotatable bonds is 4. The van der Waals surface area contributed by atoms with Crippen molar-refractivity contribution in [1.82, 2.24) is 9.80 Å². The standard InChI is InChI=1S/C15H24N2O4/c1-10(2)7-13(18)16-5-3-12(4-6-16)17-9-11(15(20)21)8-14(17)19/h10-12H,3-9H2,1-2H3,(H,20,21). The van der Waals surface area contributed by atoms with Crippen molar-refractivity contribution >= 4 is 17.8 Å². The number of carbonyl (C=O) groups is 3. The molecule has 2 aliphatic rings. The van der Waals surface area contributed by atoms with E-state index < -0.39 is 11.9 Å². The lowest BCUT2D eigenvalue weighted by Gasteiger charge is -2.37. The zero-order valence-electron chi connectivity index (χ0n) is 12.7. The number of aliphatic carboxylic acids is 1. The summed E-state index contributed by atoms with van der Waals surface area (Å²) in [6.07, 6.45) is 2.18. The van der Waals surface area contributed by atoms with Gasteiger partial charge in [0, 0.05) is 38.5 Å². The van der Waals surface area contributed by atoms with Gasteiger partial charge in [0.05, 0.1) is 5.92 Å². The fourth-order valence-electron chi connectivity index (χ4n) is 3.16. The van der Waals surface area contributed by atoms with Gasteiger partial charge in [-0.1, -0.05) is 13.8 Å². The zero-order valence-corrected chi connectivity index (χ0v) is 12.7. The molecule has 0 aromatic heterocycles. The predicted octanol–water partition coefficient (Wildman–Crippen LogP) is 0.957. The number of carbonyl (C=O) groups excluding carboxylic acids is 2. The average molecular weight is 296 g/mol. The second-order valence-electron chi connectivity index (χ2n) is 6.50. The minimum atomic E-state index is -0.893. The highest BCUT2D eigenvalue weighted by molar-refractivity contribution is 5.86. The highest BCUT2D eigenvalue weighted by Gasteiger charge is 2.39. The van der Waals surface area contributed by atoms with Crippen molar-refractivity contribution in [2.75, 3.05) is 19.6 Å². The van der Waals surface area contributed by atoms with Crippen molar-refractivity contribution in [2.24, 2.45) is 11.8 Å². The van der Waals surface area contributed by atoms with Gasteiger partial charge in [0.25, 0.3) is 0 Å². The highest BCUT2D eigenvalue weighted by Crippen LogP contribution is 2.26. The molecule has 6 nitrogen and oxygen atoms in total. The van der Waals surface area contributed by atoms with Gasteiger partial charge in [-0.2, -0.15) is 0 Å². The Bertz CT molecular complexity index is 427. The Labute approximate surface area is 125 Å². The monoisotopic (exact) mass is 296 g/mol. The number of piperidine rings is 1. The first-order valence-electron chi connectivity index (χ1n) is 7.68. The maximum absolute atomic E-state index is 12.0. The van der Waals surface area contributed by atoms with Crippen LogP contribution in [0.4, 0.5) is 0 Å². The molecule has 0 aromatic carbocycles. The molecule has 1 atom stereocenters. The molecule has 21 heavy (non-hydrogen) atoms. The molecular weight excluding hydrogens is 272 g/mol. The molecule has 2 saturated heterocycles. The molecule has 0 radical (unpaired) electrons. The molecular formula is C15H24N2O4. The smallest absolute Gasteiger partial charge is 0.308 e. The first-order chi connectivity index (χ1) is 9.88. The second-order valence-corrected chi connectivity index (χ2v) is 6.50. The number of likely N-dealkylation sites (tertiary alicyclic amines) is 2. The summed E-state index contributed by atoms with van der Waals surface area (Å²) in [7, 11) is 0. The molecule has 0 aliphatic carbocycles. The van der Waals surface area contributed by atoms with Crippen LogP contribution < -0.4 is 0 Å². The molecule has 1 N–H and O–H groups in total. The first-order valence-corrected chi connectivity index (χ1v) is 7.68. The summed E-state index contributed by atoms with van der Waals surface area (Å²) in [5.74, 6) is -0.992. The van der Waals surface area contributed by atoms with Crippen LogP contribution in [-0.2, 0) is 14.4 Å². The van der Waals surface area contributed by atoms with E-state index in [9.17, 15) is 14.4 Å². The quantitative estimate of drug-likeness (QED) is 0.838. The lowest BCUT2D eigenvalue weighted by Crippen LogP contribution is -2.47. The van der Waals surface area contributed by atoms with Gasteiger partial charge in [-0.25, -0.2) is 0 Å². The Kier molecular flexibility index (Phi) is 4.85. The molecule has 0 bridgehead atoms. The van der Waals surface area contributed by atoms with Crippen LogP contribution in [0.25, 0.3) is 0 Å². The fourth-order valence-corrected chi connectivity index (χ4v) is 3.16. The summed E-state index contributed by atoms with van der Waals surface area (Å²) in [4.78, 5) is 38.5. The summed E-state index contributed by atoms with van der Waals surface area (Å²) in [5, 5.41) is 9.01. The molecule has 2 rings (SSSR count). The Morgan fingerprint density at radius 1 is 1.29 bits per heavy atom. The maximum Gasteiger partial charge on any atom is 0.308 e. The van der Waals surface area contributed by atoms with Crippen LogP contribution in [0.3, 0.4) is 0 Å². The largest absolute Gasteiger partial charge is 0.481 e. The molecule has 1 unspecified atom stereocenters. The van der Waals surface area contributed by atoms with Crippen LogP contribution in [0.15, 0.2) is 0 Å². The number of hydrogen-bond acceptors (Lipinski definition) is 3. The molecule has 0 aromatic rings. The summed E-state index contributed by atoms with van der Waals surface area (Å²) in [6, 6.07) is 0.0879. The third-order valence-corrected chi connectivity index (χ3v) is 4.35. The van der Waals surface area contributed by atoms with Gasteiger partial charge in [-0.15, -0.1) is 0 Å². The molecule has 0 spiro atoms. The molecule has 118 valence electrons. The van der Waals surface area contributed by atoms with Crippen LogP contribution in [0.2, 0.25) is 0 Å². The maximum atomic E-state index is 12.0. The summed E-state index contributed by atoms with van der Waals surface area (Å²) in [6.45, 7) is 5.70. The van der Waals surface area contributed by atoms with E-state index in [0.717, 1.165) is 12.8 Å². The number of hydrogen-bond donors (Lipinski definition) is 1. The third kappa shape index (κ3) is 3.74. The van der Waals surface area contributed by atoms with E-state index in [4.69, 9.17) is 5.11 Å². The Morgan fingerprint density at radius 2 is 1.90 bits per heavy atom. The van der Waals surface area contributed by atoms with E-state index in [-0.39, 0.29) is 24.3 Å². The average Bonchev–Trinajstić information content (AvgIpc) is 2.80. The van der Waals surface area contributed by atoms with Crippen molar-refractivity contribution in [2.45, 2.75) is 45.6 Å². The van der Waals surface area contributed by atoms with Crippen LogP contribution in [0.1, 0.15) is 39.5 Å². The van der Waals surface area contributed by atoms with E-state index in [1.54, 1.807) is 4.90 Å². The molecule has 2 fully saturated rings. The Morgan fingerprint density at radius 3 is 2.38 bits per heavy atom. The molecule has 2 amide bonds. The van der Waals surface area contributed by atoms with Crippen molar-refractivity contribution < 1.29 is 19.5 Å². The normalized spacial score (nSPS) is 24.0. The van der Waals surface area contributed by atoms with E-state index in [1.165, 1.54) is 0 Å². The van der Waals surface area contributed by atoms with Crippen molar-refractivity contribution in [3.63, 3.8) is 0 Å². The van der Waals surface area contributed by atoms with Crippen LogP contribution >= 0.6 is 0 Å². The van der Waals surface area contributed by atoms with Crippen LogP contribution in [0.5, 0.6) is 0 Å². The van der Waals surface area contributed by atoms with Crippen molar-refractivity contribution in [3.05, 3.63) is 0 Å². The van der Waals surface area contributed by atoms with Gasteiger partial charge in [0.1, 0.15) is 0 Å². The lowest BCUT2D eigenvalue weighted by atomic mass is 10.0. The number of carboxylic acid groups (broad SMARTS) is 1. The fraction of sp³-hybridized carbons (Fsp3) is 0.800. The van der Waals surface area contributed by atoms with Crippen LogP contribution in [-0.4, -0.2) is 58.4 Å². The molecule has 2 heterocycles. The first kappa shape index (κ1) is 15.8. The van der Waals surface area contributed by atoms with Gasteiger partial charge in [-0.3, -0.25) is 14.4 Å². The summed E-state index contributed by atoms with van der Waals surface area (Å²) < 4.78 is 0. The highest BCUT2D eigenvalue weighted by atomic mass is 16.4. The van der Waals surface area contributed by atoms with Gasteiger partial charge in [-0.05, 0) is 18.8 Å². The molecule has 2 aliphatic heterocycles. The van der Waals surface area contributed by atoms with E-state index in [2.05, 4.69) is 0 Å². The predicted molar refractivity (Wildman–Crippen MR) is 76.5 cm³/mol. The lowest BCUT2D eigenvalue weighted by molar-refractivity contribution is -0.141. The van der Waals surface area contributed by atoms with Gasteiger partial charge >= 0.3 is 5.97 Å². The number of carboxylic acids is 1. The summed E-state index contributed by atoms with van der Waals surface area (Å²) in [5.41, 5.74) is 0. The van der Waals surface area contributed by atoms with Gasteiger partial charge in [0.15, 0.2) is 0 Å².